The van der Waals surface area contributed by atoms with Gasteiger partial charge in [-0.15, -0.1) is 0 Å². The van der Waals surface area contributed by atoms with E-state index in [0.717, 1.165) is 27.0 Å². The highest BCUT2D eigenvalue weighted by molar-refractivity contribution is 9.10. The second-order valence-corrected chi connectivity index (χ2v) is 11.6. The van der Waals surface area contributed by atoms with Crippen LogP contribution in [-0.4, -0.2) is 50.5 Å². The number of amides is 2. The number of anilines is 1. The number of carbonyl (C=O) groups is 2. The fraction of sp³-hybridized carbons (Fsp3) is 0.364. The normalized spacial score (nSPS) is 12.2. The molecule has 0 fully saturated rings. The van der Waals surface area contributed by atoms with Crippen molar-refractivity contribution in [2.24, 2.45) is 0 Å². The molecule has 12 heteroatoms. The fourth-order valence-corrected chi connectivity index (χ4v) is 4.87. The highest BCUT2D eigenvalue weighted by atomic mass is 79.9. The van der Waals surface area contributed by atoms with Gasteiger partial charge < -0.3 is 10.2 Å². The van der Waals surface area contributed by atoms with Crippen LogP contribution in [0.5, 0.6) is 0 Å². The molecular formula is C22H25BrCl3N3O4S. The van der Waals surface area contributed by atoms with Gasteiger partial charge in [0.25, 0.3) is 0 Å². The van der Waals surface area contributed by atoms with E-state index in [4.69, 9.17) is 34.8 Å². The molecule has 2 aromatic carbocycles. The summed E-state index contributed by atoms with van der Waals surface area (Å²) in [7, 11) is -3.94. The Kier molecular flexibility index (Phi) is 10.5. The zero-order valence-electron chi connectivity index (χ0n) is 18.8. The number of halogens is 4. The molecular weight excluding hydrogens is 589 g/mol. The third-order valence-electron chi connectivity index (χ3n) is 4.92. The van der Waals surface area contributed by atoms with Crippen molar-refractivity contribution in [1.29, 1.82) is 0 Å². The smallest absolute Gasteiger partial charge is 0.244 e. The highest BCUT2D eigenvalue weighted by Crippen LogP contribution is 2.35. The van der Waals surface area contributed by atoms with Gasteiger partial charge in [-0.2, -0.15) is 0 Å². The molecule has 1 N–H and O–H groups in total. The topological polar surface area (TPSA) is 86.8 Å². The summed E-state index contributed by atoms with van der Waals surface area (Å²) in [6.07, 6.45) is 1.69. The van der Waals surface area contributed by atoms with E-state index in [1.807, 2.05) is 31.2 Å². The Bertz CT molecular complexity index is 1150. The molecule has 186 valence electrons. The number of sulfonamides is 1. The number of hydrogen-bond acceptors (Lipinski definition) is 4. The summed E-state index contributed by atoms with van der Waals surface area (Å²) in [5, 5.41) is 3.02. The zero-order chi connectivity index (χ0) is 25.6. The summed E-state index contributed by atoms with van der Waals surface area (Å²) in [6, 6.07) is 9.00. The number of carbonyl (C=O) groups excluding carboxylic acids is 2. The van der Waals surface area contributed by atoms with Gasteiger partial charge in [0.2, 0.25) is 21.8 Å². The van der Waals surface area contributed by atoms with E-state index in [-0.39, 0.29) is 33.2 Å². The van der Waals surface area contributed by atoms with Crippen molar-refractivity contribution < 1.29 is 18.0 Å². The van der Waals surface area contributed by atoms with Crippen LogP contribution in [0, 0.1) is 0 Å². The summed E-state index contributed by atoms with van der Waals surface area (Å²) >= 11 is 21.7. The molecule has 0 aromatic heterocycles. The van der Waals surface area contributed by atoms with E-state index in [9.17, 15) is 18.0 Å². The van der Waals surface area contributed by atoms with Crippen molar-refractivity contribution >= 4 is 78.3 Å². The molecule has 1 atom stereocenters. The summed E-state index contributed by atoms with van der Waals surface area (Å²) in [4.78, 5) is 27.5. The lowest BCUT2D eigenvalue weighted by Crippen LogP contribution is -2.51. The van der Waals surface area contributed by atoms with E-state index >= 15 is 0 Å². The molecule has 2 aromatic rings. The lowest BCUT2D eigenvalue weighted by Gasteiger charge is -2.31. The van der Waals surface area contributed by atoms with Crippen LogP contribution in [0.3, 0.4) is 0 Å². The fourth-order valence-electron chi connectivity index (χ4n) is 3.06. The summed E-state index contributed by atoms with van der Waals surface area (Å²) < 4.78 is 26.9. The van der Waals surface area contributed by atoms with Gasteiger partial charge in [0.1, 0.15) is 12.6 Å². The SMILES string of the molecule is CCCNC(=O)[C@@H](C)N(Cc1ccc(Br)cc1)C(=O)CN(c1cc(Cl)c(Cl)cc1Cl)S(C)(=O)=O. The van der Waals surface area contributed by atoms with Crippen molar-refractivity contribution in [2.45, 2.75) is 32.9 Å². The van der Waals surface area contributed by atoms with Crippen LogP contribution in [0.1, 0.15) is 25.8 Å². The Morgan fingerprint density at radius 2 is 1.65 bits per heavy atom. The lowest BCUT2D eigenvalue weighted by molar-refractivity contribution is -0.139. The standard InChI is InChI=1S/C22H25BrCl3N3O4S/c1-4-9-27-22(31)14(2)28(12-15-5-7-16(23)8-6-15)21(30)13-29(34(3,32)33)20-11-18(25)17(24)10-19(20)26/h5-8,10-11,14H,4,9,12-13H2,1-3H3,(H,27,31)/t14-/m1/s1. The predicted molar refractivity (Wildman–Crippen MR) is 141 cm³/mol. The first-order valence-electron chi connectivity index (χ1n) is 10.3. The second kappa shape index (κ2) is 12.4. The quantitative estimate of drug-likeness (QED) is 0.377. The Morgan fingerprint density at radius 1 is 1.06 bits per heavy atom. The number of nitrogens with zero attached hydrogens (tertiary/aromatic N) is 2. The summed E-state index contributed by atoms with van der Waals surface area (Å²) in [5.74, 6) is -0.930. The molecule has 0 unspecified atom stereocenters. The Hall–Kier alpha value is -1.52. The largest absolute Gasteiger partial charge is 0.354 e. The maximum absolute atomic E-state index is 13.5. The third-order valence-corrected chi connectivity index (χ3v) is 7.60. The zero-order valence-corrected chi connectivity index (χ0v) is 23.5. The van der Waals surface area contributed by atoms with E-state index in [1.54, 1.807) is 6.92 Å². The van der Waals surface area contributed by atoms with Crippen molar-refractivity contribution in [3.8, 4) is 0 Å². The van der Waals surface area contributed by atoms with Crippen LogP contribution < -0.4 is 9.62 Å². The molecule has 0 spiro atoms. The van der Waals surface area contributed by atoms with E-state index in [2.05, 4.69) is 21.2 Å². The number of rotatable bonds is 10. The molecule has 2 amide bonds. The molecule has 0 saturated heterocycles. The molecule has 0 aliphatic carbocycles. The van der Waals surface area contributed by atoms with Crippen molar-refractivity contribution in [3.63, 3.8) is 0 Å². The Labute approximate surface area is 223 Å². The Balaban J connectivity index is 2.43. The van der Waals surface area contributed by atoms with E-state index < -0.39 is 28.5 Å². The molecule has 2 rings (SSSR count). The van der Waals surface area contributed by atoms with Crippen molar-refractivity contribution in [1.82, 2.24) is 10.2 Å². The molecule has 0 saturated carbocycles. The van der Waals surface area contributed by atoms with Gasteiger partial charge in [-0.3, -0.25) is 13.9 Å². The average Bonchev–Trinajstić information content (AvgIpc) is 2.76. The lowest BCUT2D eigenvalue weighted by atomic mass is 10.1. The first-order chi connectivity index (χ1) is 15.8. The van der Waals surface area contributed by atoms with Gasteiger partial charge in [-0.1, -0.05) is 69.8 Å². The van der Waals surface area contributed by atoms with Crippen LogP contribution in [0.4, 0.5) is 5.69 Å². The molecule has 0 bridgehead atoms. The highest BCUT2D eigenvalue weighted by Gasteiger charge is 2.31. The average molecular weight is 614 g/mol. The molecule has 0 aliphatic heterocycles. The maximum atomic E-state index is 13.5. The first-order valence-corrected chi connectivity index (χ1v) is 14.1. The minimum absolute atomic E-state index is 0.0126. The molecule has 34 heavy (non-hydrogen) atoms. The van der Waals surface area contributed by atoms with Gasteiger partial charge in [0.15, 0.2) is 0 Å². The minimum Gasteiger partial charge on any atom is -0.354 e. The molecule has 7 nitrogen and oxygen atoms in total. The molecule has 0 heterocycles. The maximum Gasteiger partial charge on any atom is 0.244 e. The molecule has 0 radical (unpaired) electrons. The number of nitrogens with one attached hydrogen (secondary N) is 1. The summed E-state index contributed by atoms with van der Waals surface area (Å²) in [6.45, 7) is 3.48. The monoisotopic (exact) mass is 611 g/mol. The van der Waals surface area contributed by atoms with Crippen LogP contribution in [-0.2, 0) is 26.2 Å². The van der Waals surface area contributed by atoms with Gasteiger partial charge in [-0.05, 0) is 43.2 Å². The summed E-state index contributed by atoms with van der Waals surface area (Å²) in [5.41, 5.74) is 0.781. The van der Waals surface area contributed by atoms with Gasteiger partial charge in [0, 0.05) is 17.6 Å². The van der Waals surface area contributed by atoms with E-state index in [0.29, 0.717) is 6.54 Å². The van der Waals surface area contributed by atoms with Gasteiger partial charge in [-0.25, -0.2) is 8.42 Å². The number of hydrogen-bond donors (Lipinski definition) is 1. The molecule has 0 aliphatic rings. The first kappa shape index (κ1) is 28.7. The minimum atomic E-state index is -3.94. The second-order valence-electron chi connectivity index (χ2n) is 7.60. The van der Waals surface area contributed by atoms with Gasteiger partial charge >= 0.3 is 0 Å². The van der Waals surface area contributed by atoms with Crippen LogP contribution >= 0.6 is 50.7 Å². The van der Waals surface area contributed by atoms with Gasteiger partial charge in [0.05, 0.1) is 27.0 Å². The van der Waals surface area contributed by atoms with Crippen molar-refractivity contribution in [2.75, 3.05) is 23.7 Å². The van der Waals surface area contributed by atoms with Crippen LogP contribution in [0.2, 0.25) is 15.1 Å². The van der Waals surface area contributed by atoms with Crippen LogP contribution in [0.15, 0.2) is 40.9 Å². The number of benzene rings is 2. The van der Waals surface area contributed by atoms with Crippen molar-refractivity contribution in [3.05, 3.63) is 61.5 Å². The Morgan fingerprint density at radius 3 is 2.21 bits per heavy atom. The van der Waals surface area contributed by atoms with E-state index in [1.165, 1.54) is 17.0 Å². The predicted octanol–water partition coefficient (Wildman–Crippen LogP) is 5.12. The third kappa shape index (κ3) is 7.75. The van der Waals surface area contributed by atoms with Crippen LogP contribution in [0.25, 0.3) is 0 Å².